The van der Waals surface area contributed by atoms with Crippen molar-refractivity contribution in [2.75, 3.05) is 19.8 Å². The van der Waals surface area contributed by atoms with Gasteiger partial charge in [-0.25, -0.2) is 0 Å². The molecule has 76 valence electrons. The summed E-state index contributed by atoms with van der Waals surface area (Å²) < 4.78 is 0. The van der Waals surface area contributed by atoms with Gasteiger partial charge in [0.15, 0.2) is 11.6 Å². The van der Waals surface area contributed by atoms with Crippen molar-refractivity contribution in [1.29, 1.82) is 0 Å². The van der Waals surface area contributed by atoms with Crippen LogP contribution >= 0.6 is 0 Å². The van der Waals surface area contributed by atoms with Crippen LogP contribution in [0.2, 0.25) is 0 Å². The fourth-order valence-electron chi connectivity index (χ4n) is 1.25. The highest BCUT2D eigenvalue weighted by Gasteiger charge is 2.26. The summed E-state index contributed by atoms with van der Waals surface area (Å²) in [6.07, 6.45) is 0.979. The lowest BCUT2D eigenvalue weighted by Gasteiger charge is -2.14. The van der Waals surface area contributed by atoms with Gasteiger partial charge >= 0.3 is 0 Å². The van der Waals surface area contributed by atoms with E-state index in [9.17, 15) is 9.59 Å². The van der Waals surface area contributed by atoms with Gasteiger partial charge in [-0.2, -0.15) is 0 Å². The Kier molecular flexibility index (Phi) is 3.29. The average molecular weight is 198 g/mol. The van der Waals surface area contributed by atoms with Gasteiger partial charge in [0.2, 0.25) is 0 Å². The molecule has 1 aliphatic carbocycles. The summed E-state index contributed by atoms with van der Waals surface area (Å²) in [5, 5.41) is 26.4. The Bertz CT molecular complexity index is 337. The third kappa shape index (κ3) is 1.65. The summed E-state index contributed by atoms with van der Waals surface area (Å²) >= 11 is 0. The van der Waals surface area contributed by atoms with Crippen LogP contribution in [0.25, 0.3) is 0 Å². The van der Waals surface area contributed by atoms with Crippen molar-refractivity contribution in [2.24, 2.45) is 0 Å². The molecule has 0 aromatic rings. The Balaban J connectivity index is 3.17. The smallest absolute Gasteiger partial charge is 0.190 e. The summed E-state index contributed by atoms with van der Waals surface area (Å²) in [4.78, 5) is 22.6. The van der Waals surface area contributed by atoms with E-state index in [1.807, 2.05) is 0 Å². The average Bonchev–Trinajstić information content (AvgIpc) is 2.20. The standard InChI is InChI=1S/C9H10O5/c10-2-5-1-8(13)6(3-11)7(4-12)9(5)14/h1,10-12H,2-4H2. The molecule has 1 rings (SSSR count). The second-order valence-electron chi connectivity index (χ2n) is 2.79. The summed E-state index contributed by atoms with van der Waals surface area (Å²) in [6, 6.07) is 0. The lowest BCUT2D eigenvalue weighted by atomic mass is 9.90. The van der Waals surface area contributed by atoms with Crippen molar-refractivity contribution in [3.63, 3.8) is 0 Å². The van der Waals surface area contributed by atoms with E-state index in [0.29, 0.717) is 0 Å². The van der Waals surface area contributed by atoms with Crippen molar-refractivity contribution >= 4 is 11.6 Å². The highest BCUT2D eigenvalue weighted by Crippen LogP contribution is 2.18. The Labute approximate surface area is 80.0 Å². The van der Waals surface area contributed by atoms with Crippen LogP contribution in [0.3, 0.4) is 0 Å². The van der Waals surface area contributed by atoms with E-state index < -0.39 is 31.4 Å². The summed E-state index contributed by atoms with van der Waals surface area (Å²) in [5.74, 6) is -1.13. The number of hydrogen-bond acceptors (Lipinski definition) is 5. The number of rotatable bonds is 3. The zero-order chi connectivity index (χ0) is 10.7. The second-order valence-corrected chi connectivity index (χ2v) is 2.79. The molecule has 0 saturated heterocycles. The molecular weight excluding hydrogens is 188 g/mol. The Hall–Kier alpha value is -1.30. The van der Waals surface area contributed by atoms with Gasteiger partial charge in [-0.3, -0.25) is 9.59 Å². The Morgan fingerprint density at radius 3 is 1.93 bits per heavy atom. The maximum Gasteiger partial charge on any atom is 0.190 e. The van der Waals surface area contributed by atoms with Gasteiger partial charge in [0.1, 0.15) is 0 Å². The number of carbonyl (C=O) groups is 2. The zero-order valence-corrected chi connectivity index (χ0v) is 7.36. The van der Waals surface area contributed by atoms with E-state index in [-0.39, 0.29) is 16.7 Å². The minimum Gasteiger partial charge on any atom is -0.392 e. The third-order valence-corrected chi connectivity index (χ3v) is 2.02. The summed E-state index contributed by atoms with van der Waals surface area (Å²) in [5.41, 5.74) is -0.296. The monoisotopic (exact) mass is 198 g/mol. The van der Waals surface area contributed by atoms with Crippen molar-refractivity contribution in [3.8, 4) is 0 Å². The fraction of sp³-hybridized carbons (Fsp3) is 0.333. The van der Waals surface area contributed by atoms with Crippen LogP contribution in [0, 0.1) is 0 Å². The van der Waals surface area contributed by atoms with Gasteiger partial charge in [0, 0.05) is 16.7 Å². The molecule has 0 aromatic heterocycles. The number of aliphatic hydroxyl groups excluding tert-OH is 3. The number of Topliss-reactive ketones (excluding diaryl/α,β-unsaturated/α-hetero) is 1. The van der Waals surface area contributed by atoms with E-state index >= 15 is 0 Å². The second kappa shape index (κ2) is 4.28. The largest absolute Gasteiger partial charge is 0.392 e. The third-order valence-electron chi connectivity index (χ3n) is 2.02. The lowest BCUT2D eigenvalue weighted by molar-refractivity contribution is -0.116. The molecule has 3 N–H and O–H groups in total. The minimum absolute atomic E-state index is 0.0590. The number of aliphatic hydroxyl groups is 3. The van der Waals surface area contributed by atoms with E-state index in [4.69, 9.17) is 15.3 Å². The van der Waals surface area contributed by atoms with E-state index in [1.165, 1.54) is 0 Å². The van der Waals surface area contributed by atoms with E-state index in [1.54, 1.807) is 0 Å². The molecule has 0 saturated carbocycles. The van der Waals surface area contributed by atoms with Crippen molar-refractivity contribution < 1.29 is 24.9 Å². The molecule has 0 amide bonds. The maximum atomic E-state index is 11.4. The molecule has 0 fully saturated rings. The molecule has 0 aliphatic heterocycles. The number of ketones is 2. The van der Waals surface area contributed by atoms with Crippen LogP contribution in [0.15, 0.2) is 22.8 Å². The first-order valence-corrected chi connectivity index (χ1v) is 3.99. The van der Waals surface area contributed by atoms with Gasteiger partial charge in [0.25, 0.3) is 0 Å². The van der Waals surface area contributed by atoms with Crippen molar-refractivity contribution in [2.45, 2.75) is 0 Å². The first kappa shape index (κ1) is 10.8. The van der Waals surface area contributed by atoms with Crippen LogP contribution < -0.4 is 0 Å². The first-order valence-electron chi connectivity index (χ1n) is 3.99. The summed E-state index contributed by atoms with van der Waals surface area (Å²) in [6.45, 7) is -1.75. The molecule has 0 heterocycles. The molecule has 0 atom stereocenters. The molecule has 14 heavy (non-hydrogen) atoms. The predicted molar refractivity (Wildman–Crippen MR) is 46.4 cm³/mol. The number of hydrogen-bond donors (Lipinski definition) is 3. The molecule has 0 radical (unpaired) electrons. The van der Waals surface area contributed by atoms with Gasteiger partial charge in [0.05, 0.1) is 19.8 Å². The van der Waals surface area contributed by atoms with Crippen LogP contribution in [-0.2, 0) is 9.59 Å². The van der Waals surface area contributed by atoms with Gasteiger partial charge < -0.3 is 15.3 Å². The summed E-state index contributed by atoms with van der Waals surface area (Å²) in [7, 11) is 0. The Morgan fingerprint density at radius 2 is 1.50 bits per heavy atom. The normalized spacial score (nSPS) is 17.5. The lowest BCUT2D eigenvalue weighted by Crippen LogP contribution is -2.24. The molecule has 0 unspecified atom stereocenters. The van der Waals surface area contributed by atoms with Gasteiger partial charge in [-0.15, -0.1) is 0 Å². The van der Waals surface area contributed by atoms with Crippen LogP contribution in [0.1, 0.15) is 0 Å². The molecule has 5 heteroatoms. The van der Waals surface area contributed by atoms with Crippen molar-refractivity contribution in [3.05, 3.63) is 22.8 Å². The highest BCUT2D eigenvalue weighted by atomic mass is 16.3. The zero-order valence-electron chi connectivity index (χ0n) is 7.36. The van der Waals surface area contributed by atoms with Crippen LogP contribution in [0.4, 0.5) is 0 Å². The molecular formula is C9H10O5. The van der Waals surface area contributed by atoms with Gasteiger partial charge in [-0.1, -0.05) is 0 Å². The SMILES string of the molecule is O=C1C=C(CO)C(=O)C(CO)=C1CO. The number of carbonyl (C=O) groups excluding carboxylic acids is 2. The number of allylic oxidation sites excluding steroid dienone is 1. The van der Waals surface area contributed by atoms with Crippen molar-refractivity contribution in [1.82, 2.24) is 0 Å². The fourth-order valence-corrected chi connectivity index (χ4v) is 1.25. The highest BCUT2D eigenvalue weighted by molar-refractivity contribution is 6.23. The quantitative estimate of drug-likeness (QED) is 0.472. The van der Waals surface area contributed by atoms with Crippen LogP contribution in [0.5, 0.6) is 0 Å². The van der Waals surface area contributed by atoms with Gasteiger partial charge in [-0.05, 0) is 6.08 Å². The topological polar surface area (TPSA) is 94.8 Å². The molecule has 1 aliphatic rings. The first-order chi connectivity index (χ1) is 6.65. The molecule has 0 spiro atoms. The maximum absolute atomic E-state index is 11.4. The Morgan fingerprint density at radius 1 is 0.929 bits per heavy atom. The van der Waals surface area contributed by atoms with E-state index in [2.05, 4.69) is 0 Å². The molecule has 5 nitrogen and oxygen atoms in total. The minimum atomic E-state index is -0.613. The predicted octanol–water partition coefficient (Wildman–Crippen LogP) is -1.66. The van der Waals surface area contributed by atoms with Crippen LogP contribution in [-0.4, -0.2) is 46.7 Å². The molecule has 0 bridgehead atoms. The van der Waals surface area contributed by atoms with E-state index in [0.717, 1.165) is 6.08 Å². The molecule has 0 aromatic carbocycles.